The first-order valence-electron chi connectivity index (χ1n) is 8.71. The van der Waals surface area contributed by atoms with E-state index in [1.165, 1.54) is 0 Å². The molecule has 3 aromatic rings. The van der Waals surface area contributed by atoms with Crippen molar-refractivity contribution >= 4 is 62.5 Å². The number of carbonyl (C=O) groups is 2. The summed E-state index contributed by atoms with van der Waals surface area (Å²) in [6.45, 7) is 1.55. The summed E-state index contributed by atoms with van der Waals surface area (Å²) in [5.74, 6) is -0.00605. The number of amides is 1. The molecule has 8 heteroatoms. The Kier molecular flexibility index (Phi) is 7.30. The van der Waals surface area contributed by atoms with Crippen molar-refractivity contribution in [1.29, 1.82) is 0 Å². The fourth-order valence-electron chi connectivity index (χ4n) is 2.42. The van der Waals surface area contributed by atoms with Gasteiger partial charge in [0.05, 0.1) is 10.2 Å². The number of nitrogens with zero attached hydrogens (tertiary/aromatic N) is 1. The van der Waals surface area contributed by atoms with Crippen LogP contribution in [0, 0.1) is 6.92 Å². The van der Waals surface area contributed by atoms with Crippen molar-refractivity contribution < 1.29 is 14.3 Å². The van der Waals surface area contributed by atoms with E-state index in [-0.39, 0.29) is 24.9 Å². The van der Waals surface area contributed by atoms with E-state index in [0.29, 0.717) is 17.1 Å². The maximum absolute atomic E-state index is 11.9. The van der Waals surface area contributed by atoms with Gasteiger partial charge in [-0.3, -0.25) is 9.59 Å². The molecular formula is C20H19ClN2O3S2. The van der Waals surface area contributed by atoms with Gasteiger partial charge >= 0.3 is 5.97 Å². The highest BCUT2D eigenvalue weighted by Gasteiger charge is 2.10. The quantitative estimate of drug-likeness (QED) is 0.295. The van der Waals surface area contributed by atoms with Crippen LogP contribution in [0.5, 0.6) is 0 Å². The highest BCUT2D eigenvalue weighted by Crippen LogP contribution is 2.29. The second-order valence-electron chi connectivity index (χ2n) is 6.07. The summed E-state index contributed by atoms with van der Waals surface area (Å²) in [4.78, 5) is 28.3. The Bertz CT molecular complexity index is 957. The minimum atomic E-state index is -0.387. The summed E-state index contributed by atoms with van der Waals surface area (Å²) in [5.41, 5.74) is 2.49. The van der Waals surface area contributed by atoms with Crippen molar-refractivity contribution in [1.82, 2.24) is 4.98 Å². The van der Waals surface area contributed by atoms with Crippen LogP contribution in [0.1, 0.15) is 18.4 Å². The van der Waals surface area contributed by atoms with E-state index >= 15 is 0 Å². The van der Waals surface area contributed by atoms with Crippen molar-refractivity contribution in [3.8, 4) is 0 Å². The normalized spacial score (nSPS) is 10.8. The predicted molar refractivity (Wildman–Crippen MR) is 115 cm³/mol. The third-order valence-corrected chi connectivity index (χ3v) is 6.36. The van der Waals surface area contributed by atoms with Crippen molar-refractivity contribution in [2.24, 2.45) is 0 Å². The lowest BCUT2D eigenvalue weighted by Gasteiger charge is -2.09. The SMILES string of the molecule is Cc1ccc(Cl)cc1NC(=O)COC(=O)CCCSc1nc2ccccc2s1. The second-order valence-corrected chi connectivity index (χ2v) is 8.88. The van der Waals surface area contributed by atoms with Crippen LogP contribution in [0.3, 0.4) is 0 Å². The number of benzene rings is 2. The number of nitrogens with one attached hydrogen (secondary N) is 1. The molecular weight excluding hydrogens is 416 g/mol. The van der Waals surface area contributed by atoms with Gasteiger partial charge in [0.1, 0.15) is 0 Å². The molecule has 0 atom stereocenters. The first-order chi connectivity index (χ1) is 13.5. The molecule has 2 aromatic carbocycles. The van der Waals surface area contributed by atoms with E-state index in [1.807, 2.05) is 37.3 Å². The number of carbonyl (C=O) groups excluding carboxylic acids is 2. The summed E-state index contributed by atoms with van der Waals surface area (Å²) in [6, 6.07) is 13.2. The summed E-state index contributed by atoms with van der Waals surface area (Å²) < 4.78 is 7.19. The topological polar surface area (TPSA) is 68.3 Å². The zero-order valence-electron chi connectivity index (χ0n) is 15.2. The molecule has 0 unspecified atom stereocenters. The Labute approximate surface area is 176 Å². The highest BCUT2D eigenvalue weighted by molar-refractivity contribution is 8.01. The minimum Gasteiger partial charge on any atom is -0.456 e. The largest absolute Gasteiger partial charge is 0.456 e. The zero-order chi connectivity index (χ0) is 19.9. The third kappa shape index (κ3) is 5.95. The molecule has 3 rings (SSSR count). The van der Waals surface area contributed by atoms with Crippen LogP contribution in [0.2, 0.25) is 5.02 Å². The van der Waals surface area contributed by atoms with E-state index in [9.17, 15) is 9.59 Å². The van der Waals surface area contributed by atoms with Crippen LogP contribution in [0.15, 0.2) is 46.8 Å². The van der Waals surface area contributed by atoms with E-state index < -0.39 is 0 Å². The van der Waals surface area contributed by atoms with E-state index in [0.717, 1.165) is 25.9 Å². The van der Waals surface area contributed by atoms with Gasteiger partial charge in [0.2, 0.25) is 0 Å². The van der Waals surface area contributed by atoms with Gasteiger partial charge < -0.3 is 10.1 Å². The van der Waals surface area contributed by atoms with Crippen LogP contribution in [0.25, 0.3) is 10.2 Å². The lowest BCUT2D eigenvalue weighted by Crippen LogP contribution is -2.21. The second kappa shape index (κ2) is 9.91. The molecule has 0 saturated carbocycles. The number of rotatable bonds is 8. The maximum atomic E-state index is 11.9. The van der Waals surface area contributed by atoms with Crippen molar-refractivity contribution in [2.45, 2.75) is 24.1 Å². The molecule has 0 bridgehead atoms. The van der Waals surface area contributed by atoms with Crippen LogP contribution in [0.4, 0.5) is 5.69 Å². The molecule has 0 aliphatic rings. The Balaban J connectivity index is 1.35. The highest BCUT2D eigenvalue weighted by atomic mass is 35.5. The smallest absolute Gasteiger partial charge is 0.306 e. The van der Waals surface area contributed by atoms with Gasteiger partial charge in [-0.1, -0.05) is 41.6 Å². The number of para-hydroxylation sites is 1. The van der Waals surface area contributed by atoms with Crippen molar-refractivity contribution in [3.05, 3.63) is 53.1 Å². The van der Waals surface area contributed by atoms with Crippen molar-refractivity contribution in [2.75, 3.05) is 17.7 Å². The van der Waals surface area contributed by atoms with Crippen LogP contribution >= 0.6 is 34.7 Å². The Morgan fingerprint density at radius 3 is 2.89 bits per heavy atom. The minimum absolute atomic E-state index is 0.265. The molecule has 0 radical (unpaired) electrons. The van der Waals surface area contributed by atoms with Crippen LogP contribution < -0.4 is 5.32 Å². The Hall–Kier alpha value is -2.09. The lowest BCUT2D eigenvalue weighted by molar-refractivity contribution is -0.147. The van der Waals surface area contributed by atoms with Gasteiger partial charge in [0, 0.05) is 22.9 Å². The Morgan fingerprint density at radius 1 is 1.25 bits per heavy atom. The lowest BCUT2D eigenvalue weighted by atomic mass is 10.2. The number of hydrogen-bond donors (Lipinski definition) is 1. The molecule has 1 aromatic heterocycles. The van der Waals surface area contributed by atoms with Crippen LogP contribution in [-0.2, 0) is 14.3 Å². The number of thiazole rings is 1. The van der Waals surface area contributed by atoms with E-state index in [1.54, 1.807) is 35.2 Å². The fourth-order valence-corrected chi connectivity index (χ4v) is 4.67. The van der Waals surface area contributed by atoms with Gasteiger partial charge in [-0.25, -0.2) is 4.98 Å². The molecule has 0 spiro atoms. The average molecular weight is 435 g/mol. The number of hydrogen-bond acceptors (Lipinski definition) is 6. The van der Waals surface area contributed by atoms with Gasteiger partial charge in [-0.2, -0.15) is 0 Å². The molecule has 0 aliphatic carbocycles. The fraction of sp³-hybridized carbons (Fsp3) is 0.250. The van der Waals surface area contributed by atoms with Gasteiger partial charge in [-0.05, 0) is 43.2 Å². The molecule has 146 valence electrons. The van der Waals surface area contributed by atoms with Gasteiger partial charge in [0.15, 0.2) is 10.9 Å². The predicted octanol–water partition coefficient (Wildman–Crippen LogP) is 5.31. The standard InChI is InChI=1S/C20H19ClN2O3S2/c1-13-8-9-14(21)11-16(13)22-18(24)12-26-19(25)7-4-10-27-20-23-15-5-2-3-6-17(15)28-20/h2-3,5-6,8-9,11H,4,7,10,12H2,1H3,(H,22,24). The molecule has 1 heterocycles. The first kappa shape index (κ1) is 20.6. The van der Waals surface area contributed by atoms with Gasteiger partial charge in [-0.15, -0.1) is 11.3 Å². The Morgan fingerprint density at radius 2 is 2.07 bits per heavy atom. The molecule has 0 fully saturated rings. The third-order valence-electron chi connectivity index (χ3n) is 3.86. The van der Waals surface area contributed by atoms with Crippen molar-refractivity contribution in [3.63, 3.8) is 0 Å². The summed E-state index contributed by atoms with van der Waals surface area (Å²) in [5, 5.41) is 3.23. The number of halogens is 1. The maximum Gasteiger partial charge on any atom is 0.306 e. The molecule has 1 amide bonds. The number of aryl methyl sites for hydroxylation is 1. The molecule has 28 heavy (non-hydrogen) atoms. The number of esters is 1. The van der Waals surface area contributed by atoms with Gasteiger partial charge in [0.25, 0.3) is 5.91 Å². The van der Waals surface area contributed by atoms with E-state index in [2.05, 4.69) is 10.3 Å². The molecule has 0 saturated heterocycles. The number of thioether (sulfide) groups is 1. The van der Waals surface area contributed by atoms with E-state index in [4.69, 9.17) is 16.3 Å². The summed E-state index contributed by atoms with van der Waals surface area (Å²) in [7, 11) is 0. The number of fused-ring (bicyclic) bond motifs is 1. The molecule has 5 nitrogen and oxygen atoms in total. The van der Waals surface area contributed by atoms with Crippen LogP contribution in [-0.4, -0.2) is 29.2 Å². The average Bonchev–Trinajstić information content (AvgIpc) is 3.09. The number of aromatic nitrogens is 1. The number of ether oxygens (including phenoxy) is 1. The summed E-state index contributed by atoms with van der Waals surface area (Å²) >= 11 is 9.20. The first-order valence-corrected chi connectivity index (χ1v) is 10.9. The number of anilines is 1. The molecule has 0 aliphatic heterocycles. The summed E-state index contributed by atoms with van der Waals surface area (Å²) in [6.07, 6.45) is 0.926. The molecule has 1 N–H and O–H groups in total. The zero-order valence-corrected chi connectivity index (χ0v) is 17.6. The monoisotopic (exact) mass is 434 g/mol.